The van der Waals surface area contributed by atoms with Crippen LogP contribution >= 0.6 is 15.9 Å². The minimum absolute atomic E-state index is 0.301. The molecule has 1 heterocycles. The van der Waals surface area contributed by atoms with Crippen molar-refractivity contribution in [1.82, 2.24) is 4.90 Å². The van der Waals surface area contributed by atoms with Crippen molar-refractivity contribution < 1.29 is 14.3 Å². The molecule has 0 aliphatic carbocycles. The van der Waals surface area contributed by atoms with Crippen LogP contribution in [-0.2, 0) is 11.3 Å². The second-order valence-corrected chi connectivity index (χ2v) is 6.31. The van der Waals surface area contributed by atoms with Crippen LogP contribution in [-0.4, -0.2) is 28.1 Å². The molecule has 110 valence electrons. The van der Waals surface area contributed by atoms with Crippen molar-refractivity contribution >= 4 is 21.9 Å². The number of halogens is 2. The Labute approximate surface area is 126 Å². The Morgan fingerprint density at radius 3 is 2.85 bits per heavy atom. The van der Waals surface area contributed by atoms with Crippen LogP contribution in [0.1, 0.15) is 38.2 Å². The standard InChI is InChI=1S/C15H19BrFNO2/c1-2-4-15(14(19)20)5-3-6-18(15)10-11-7-12(16)9-13(17)8-11/h7-9H,2-6,10H2,1H3,(H,19,20). The third kappa shape index (κ3) is 3.04. The number of likely N-dealkylation sites (tertiary alicyclic amines) is 1. The van der Waals surface area contributed by atoms with Gasteiger partial charge in [0.25, 0.3) is 0 Å². The van der Waals surface area contributed by atoms with E-state index in [1.165, 1.54) is 12.1 Å². The number of hydrogen-bond donors (Lipinski definition) is 1. The zero-order valence-corrected chi connectivity index (χ0v) is 13.1. The maximum Gasteiger partial charge on any atom is 0.324 e. The van der Waals surface area contributed by atoms with Crippen molar-refractivity contribution in [2.24, 2.45) is 0 Å². The molecule has 0 amide bonds. The van der Waals surface area contributed by atoms with E-state index in [-0.39, 0.29) is 5.82 Å². The molecule has 5 heteroatoms. The van der Waals surface area contributed by atoms with Crippen LogP contribution in [0, 0.1) is 5.82 Å². The quantitative estimate of drug-likeness (QED) is 0.883. The molecule has 1 aromatic carbocycles. The van der Waals surface area contributed by atoms with Crippen LogP contribution in [0.5, 0.6) is 0 Å². The Kier molecular flexibility index (Phi) is 4.81. The first kappa shape index (κ1) is 15.4. The smallest absolute Gasteiger partial charge is 0.324 e. The van der Waals surface area contributed by atoms with Crippen LogP contribution < -0.4 is 0 Å². The second-order valence-electron chi connectivity index (χ2n) is 5.39. The van der Waals surface area contributed by atoms with Crippen LogP contribution in [0.3, 0.4) is 0 Å². The van der Waals surface area contributed by atoms with Gasteiger partial charge in [0, 0.05) is 11.0 Å². The average Bonchev–Trinajstić information content (AvgIpc) is 2.72. The topological polar surface area (TPSA) is 40.5 Å². The van der Waals surface area contributed by atoms with Gasteiger partial charge in [-0.05, 0) is 49.6 Å². The van der Waals surface area contributed by atoms with Gasteiger partial charge in [-0.3, -0.25) is 9.69 Å². The lowest BCUT2D eigenvalue weighted by Crippen LogP contribution is -2.50. The molecule has 1 N–H and O–H groups in total. The number of rotatable bonds is 5. The maximum atomic E-state index is 13.4. The molecule has 0 bridgehead atoms. The molecule has 0 radical (unpaired) electrons. The first-order valence-corrected chi connectivity index (χ1v) is 7.70. The summed E-state index contributed by atoms with van der Waals surface area (Å²) in [6.07, 6.45) is 3.02. The van der Waals surface area contributed by atoms with E-state index < -0.39 is 11.5 Å². The molecule has 1 aliphatic rings. The Balaban J connectivity index is 2.24. The van der Waals surface area contributed by atoms with Gasteiger partial charge in [-0.15, -0.1) is 0 Å². The molecular weight excluding hydrogens is 325 g/mol. The number of nitrogens with zero attached hydrogens (tertiary/aromatic N) is 1. The Morgan fingerprint density at radius 1 is 1.50 bits per heavy atom. The summed E-state index contributed by atoms with van der Waals surface area (Å²) >= 11 is 3.28. The highest BCUT2D eigenvalue weighted by Gasteiger charge is 2.46. The average molecular weight is 344 g/mol. The fraction of sp³-hybridized carbons (Fsp3) is 0.533. The van der Waals surface area contributed by atoms with Crippen LogP contribution in [0.4, 0.5) is 4.39 Å². The number of aliphatic carboxylic acids is 1. The van der Waals surface area contributed by atoms with Crippen LogP contribution in [0.15, 0.2) is 22.7 Å². The molecule has 2 rings (SSSR count). The summed E-state index contributed by atoms with van der Waals surface area (Å²) in [6.45, 7) is 3.23. The van der Waals surface area contributed by atoms with Crippen molar-refractivity contribution in [3.05, 3.63) is 34.1 Å². The second kappa shape index (κ2) is 6.22. The molecule has 1 unspecified atom stereocenters. The molecule has 1 saturated heterocycles. The summed E-state index contributed by atoms with van der Waals surface area (Å²) in [7, 11) is 0. The fourth-order valence-corrected chi connectivity index (χ4v) is 3.65. The van der Waals surface area contributed by atoms with Gasteiger partial charge >= 0.3 is 5.97 Å². The van der Waals surface area contributed by atoms with E-state index in [0.717, 1.165) is 24.9 Å². The van der Waals surface area contributed by atoms with Crippen molar-refractivity contribution in [3.8, 4) is 0 Å². The predicted octanol–water partition coefficient (Wildman–Crippen LogP) is 3.81. The van der Waals surface area contributed by atoms with Gasteiger partial charge in [-0.25, -0.2) is 4.39 Å². The molecular formula is C15H19BrFNO2. The Hall–Kier alpha value is -0.940. The molecule has 0 saturated carbocycles. The first-order valence-electron chi connectivity index (χ1n) is 6.91. The minimum atomic E-state index is -0.784. The number of carbonyl (C=O) groups is 1. The summed E-state index contributed by atoms with van der Waals surface area (Å²) in [4.78, 5) is 13.7. The highest BCUT2D eigenvalue weighted by atomic mass is 79.9. The normalized spacial score (nSPS) is 23.1. The summed E-state index contributed by atoms with van der Waals surface area (Å²) in [5, 5.41) is 9.63. The SMILES string of the molecule is CCCC1(C(=O)O)CCCN1Cc1cc(F)cc(Br)c1. The van der Waals surface area contributed by atoms with Gasteiger partial charge in [0.15, 0.2) is 0 Å². The van der Waals surface area contributed by atoms with Crippen molar-refractivity contribution in [1.29, 1.82) is 0 Å². The van der Waals surface area contributed by atoms with E-state index in [4.69, 9.17) is 0 Å². The number of hydrogen-bond acceptors (Lipinski definition) is 2. The zero-order chi connectivity index (χ0) is 14.8. The number of carboxylic acid groups (broad SMARTS) is 1. The maximum absolute atomic E-state index is 13.4. The van der Waals surface area contributed by atoms with E-state index in [2.05, 4.69) is 15.9 Å². The van der Waals surface area contributed by atoms with Gasteiger partial charge in [0.2, 0.25) is 0 Å². The van der Waals surface area contributed by atoms with E-state index in [1.54, 1.807) is 0 Å². The number of benzene rings is 1. The van der Waals surface area contributed by atoms with Crippen molar-refractivity contribution in [2.75, 3.05) is 6.54 Å². The van der Waals surface area contributed by atoms with Gasteiger partial charge in [0.1, 0.15) is 11.4 Å². The van der Waals surface area contributed by atoms with E-state index in [1.807, 2.05) is 17.9 Å². The van der Waals surface area contributed by atoms with Gasteiger partial charge in [-0.1, -0.05) is 29.3 Å². The third-order valence-electron chi connectivity index (χ3n) is 3.98. The molecule has 1 fully saturated rings. The lowest BCUT2D eigenvalue weighted by molar-refractivity contribution is -0.150. The molecule has 1 aromatic rings. The van der Waals surface area contributed by atoms with E-state index >= 15 is 0 Å². The monoisotopic (exact) mass is 343 g/mol. The minimum Gasteiger partial charge on any atom is -0.480 e. The summed E-state index contributed by atoms with van der Waals surface area (Å²) in [6, 6.07) is 4.73. The molecule has 0 spiro atoms. The lowest BCUT2D eigenvalue weighted by Gasteiger charge is -2.34. The zero-order valence-electron chi connectivity index (χ0n) is 11.5. The third-order valence-corrected chi connectivity index (χ3v) is 4.44. The molecule has 1 atom stereocenters. The van der Waals surface area contributed by atoms with Crippen LogP contribution in [0.25, 0.3) is 0 Å². The van der Waals surface area contributed by atoms with E-state index in [0.29, 0.717) is 23.9 Å². The van der Waals surface area contributed by atoms with Gasteiger partial charge in [0.05, 0.1) is 0 Å². The van der Waals surface area contributed by atoms with E-state index in [9.17, 15) is 14.3 Å². The van der Waals surface area contributed by atoms with Crippen molar-refractivity contribution in [3.63, 3.8) is 0 Å². The summed E-state index contributed by atoms with van der Waals surface area (Å²) in [5.74, 6) is -1.06. The Bertz CT molecular complexity index is 488. The Morgan fingerprint density at radius 2 is 2.25 bits per heavy atom. The lowest BCUT2D eigenvalue weighted by atomic mass is 9.90. The van der Waals surface area contributed by atoms with Crippen LogP contribution in [0.2, 0.25) is 0 Å². The van der Waals surface area contributed by atoms with Gasteiger partial charge < -0.3 is 5.11 Å². The molecule has 0 aromatic heterocycles. The molecule has 1 aliphatic heterocycles. The molecule has 3 nitrogen and oxygen atoms in total. The summed E-state index contributed by atoms with van der Waals surface area (Å²) in [5.41, 5.74) is 0.0218. The molecule has 20 heavy (non-hydrogen) atoms. The van der Waals surface area contributed by atoms with Crippen molar-refractivity contribution in [2.45, 2.75) is 44.7 Å². The fourth-order valence-electron chi connectivity index (χ4n) is 3.13. The van der Waals surface area contributed by atoms with Gasteiger partial charge in [-0.2, -0.15) is 0 Å². The largest absolute Gasteiger partial charge is 0.480 e. The number of carboxylic acids is 1. The highest BCUT2D eigenvalue weighted by Crippen LogP contribution is 2.35. The highest BCUT2D eigenvalue weighted by molar-refractivity contribution is 9.10. The summed E-state index contributed by atoms with van der Waals surface area (Å²) < 4.78 is 14.1. The predicted molar refractivity (Wildman–Crippen MR) is 79.0 cm³/mol. The first-order chi connectivity index (χ1) is 9.48.